The molecular formula is C30H46N4O6. The van der Waals surface area contributed by atoms with Crippen molar-refractivity contribution < 1.29 is 29.4 Å². The number of nitrogens with one attached hydrogen (secondary N) is 1. The number of aldehydes is 1. The van der Waals surface area contributed by atoms with Gasteiger partial charge in [-0.05, 0) is 75.0 Å². The molecule has 2 aromatic carbocycles. The zero-order valence-corrected chi connectivity index (χ0v) is 23.5. The largest absolute Gasteiger partial charge is 0.480 e. The Morgan fingerprint density at radius 2 is 1.57 bits per heavy atom. The van der Waals surface area contributed by atoms with E-state index in [1.54, 1.807) is 54.6 Å². The summed E-state index contributed by atoms with van der Waals surface area (Å²) in [5.74, 6) is -1.81. The van der Waals surface area contributed by atoms with E-state index in [4.69, 9.17) is 27.4 Å². The van der Waals surface area contributed by atoms with Gasteiger partial charge in [-0.3, -0.25) is 14.4 Å². The van der Waals surface area contributed by atoms with Crippen LogP contribution in [0.4, 0.5) is 5.69 Å². The van der Waals surface area contributed by atoms with Crippen molar-refractivity contribution in [2.24, 2.45) is 17.2 Å². The van der Waals surface area contributed by atoms with Crippen LogP contribution in [0.25, 0.3) is 0 Å². The molecule has 0 spiro atoms. The Labute approximate surface area is 237 Å². The Kier molecular flexibility index (Phi) is 21.2. The Morgan fingerprint density at radius 1 is 0.975 bits per heavy atom. The van der Waals surface area contributed by atoms with Gasteiger partial charge in [-0.2, -0.15) is 0 Å². The van der Waals surface area contributed by atoms with E-state index in [-0.39, 0.29) is 5.91 Å². The molecular weight excluding hydrogens is 512 g/mol. The molecule has 0 unspecified atom stereocenters. The lowest BCUT2D eigenvalue weighted by Crippen LogP contribution is -2.29. The average Bonchev–Trinajstić information content (AvgIpc) is 2.95. The van der Waals surface area contributed by atoms with Crippen LogP contribution in [-0.2, 0) is 9.59 Å². The van der Waals surface area contributed by atoms with Crippen LogP contribution in [0.5, 0.6) is 0 Å². The first-order valence-corrected chi connectivity index (χ1v) is 13.7. The standard InChI is InChI=1S/C11H13NO2.C7H6O2.C6H14N2O2.C6H13N/c1-2-3-11(14)12-10-6-4-9(8-13)5-7-10;8-7(9)6-4-2-1-3-5-6;7-4-2-1-3-5(8)6(9)10;7-6-4-2-1-3-5-6/h4-8H,2-3H2,1H3,(H,12,14);1-5H,(H,8,9);5H,1-4,7-8H2,(H,9,10);6H,1-5,7H2/t;;5-;/m..0./s1. The van der Waals surface area contributed by atoms with Gasteiger partial charge in [-0.15, -0.1) is 0 Å². The van der Waals surface area contributed by atoms with Gasteiger partial charge in [0.2, 0.25) is 5.91 Å². The summed E-state index contributed by atoms with van der Waals surface area (Å²) in [7, 11) is 0. The van der Waals surface area contributed by atoms with Crippen LogP contribution in [0.1, 0.15) is 91.8 Å². The summed E-state index contributed by atoms with van der Waals surface area (Å²) in [6.45, 7) is 2.56. The van der Waals surface area contributed by atoms with E-state index in [9.17, 15) is 19.2 Å². The normalized spacial score (nSPS) is 13.0. The molecule has 1 saturated carbocycles. The van der Waals surface area contributed by atoms with Crippen molar-refractivity contribution in [1.29, 1.82) is 0 Å². The number of rotatable bonds is 10. The molecule has 1 atom stereocenters. The molecule has 10 heteroatoms. The van der Waals surface area contributed by atoms with E-state index in [0.29, 0.717) is 36.6 Å². The molecule has 10 nitrogen and oxygen atoms in total. The lowest BCUT2D eigenvalue weighted by atomic mass is 9.97. The van der Waals surface area contributed by atoms with Crippen molar-refractivity contribution >= 4 is 29.8 Å². The molecule has 40 heavy (non-hydrogen) atoms. The van der Waals surface area contributed by atoms with E-state index in [1.807, 2.05) is 6.92 Å². The maximum absolute atomic E-state index is 11.2. The summed E-state index contributed by atoms with van der Waals surface area (Å²) < 4.78 is 0. The number of carbonyl (C=O) groups is 4. The Balaban J connectivity index is 0.000000523. The minimum Gasteiger partial charge on any atom is -0.480 e. The van der Waals surface area contributed by atoms with Gasteiger partial charge >= 0.3 is 11.9 Å². The summed E-state index contributed by atoms with van der Waals surface area (Å²) >= 11 is 0. The van der Waals surface area contributed by atoms with Gasteiger partial charge in [0.05, 0.1) is 5.56 Å². The molecule has 0 radical (unpaired) electrons. The fourth-order valence-corrected chi connectivity index (χ4v) is 3.44. The van der Waals surface area contributed by atoms with E-state index < -0.39 is 18.0 Å². The summed E-state index contributed by atoms with van der Waals surface area (Å²) in [5.41, 5.74) is 17.7. The topological polar surface area (TPSA) is 199 Å². The van der Waals surface area contributed by atoms with Crippen LogP contribution in [-0.4, -0.2) is 53.0 Å². The zero-order valence-electron chi connectivity index (χ0n) is 23.5. The Morgan fingerprint density at radius 3 is 1.98 bits per heavy atom. The van der Waals surface area contributed by atoms with Crippen molar-refractivity contribution in [2.45, 2.75) is 83.2 Å². The summed E-state index contributed by atoms with van der Waals surface area (Å²) in [6.07, 6.45) is 11.0. The van der Waals surface area contributed by atoms with Gasteiger partial charge < -0.3 is 32.7 Å². The second-order valence-electron chi connectivity index (χ2n) is 9.34. The van der Waals surface area contributed by atoms with Crippen molar-refractivity contribution in [1.82, 2.24) is 0 Å². The number of unbranched alkanes of at least 4 members (excludes halogenated alkanes) is 1. The lowest BCUT2D eigenvalue weighted by molar-refractivity contribution is -0.138. The van der Waals surface area contributed by atoms with E-state index in [1.165, 1.54) is 32.1 Å². The third-order valence-corrected chi connectivity index (χ3v) is 5.76. The highest BCUT2D eigenvalue weighted by Crippen LogP contribution is 2.14. The Bertz CT molecular complexity index is 964. The minimum atomic E-state index is -0.933. The lowest BCUT2D eigenvalue weighted by Gasteiger charge is -2.15. The molecule has 0 heterocycles. The number of carboxylic acid groups (broad SMARTS) is 2. The number of carboxylic acids is 2. The number of amides is 1. The molecule has 0 saturated heterocycles. The second-order valence-corrected chi connectivity index (χ2v) is 9.34. The third kappa shape index (κ3) is 19.5. The van der Waals surface area contributed by atoms with Crippen LogP contribution in [0.15, 0.2) is 54.6 Å². The third-order valence-electron chi connectivity index (χ3n) is 5.76. The molecule has 0 bridgehead atoms. The van der Waals surface area contributed by atoms with Crippen molar-refractivity contribution in [3.63, 3.8) is 0 Å². The number of nitrogens with two attached hydrogens (primary N) is 3. The first kappa shape index (κ1) is 36.4. The van der Waals surface area contributed by atoms with Gasteiger partial charge in [0, 0.05) is 23.7 Å². The number of aliphatic carboxylic acids is 1. The predicted molar refractivity (Wildman–Crippen MR) is 158 cm³/mol. The molecule has 1 fully saturated rings. The van der Waals surface area contributed by atoms with Gasteiger partial charge in [0.25, 0.3) is 0 Å². The molecule has 1 amide bonds. The summed E-state index contributed by atoms with van der Waals surface area (Å²) in [5, 5.41) is 19.4. The molecule has 222 valence electrons. The highest BCUT2D eigenvalue weighted by Gasteiger charge is 2.09. The van der Waals surface area contributed by atoms with Gasteiger partial charge in [-0.25, -0.2) is 4.79 Å². The number of anilines is 1. The first-order chi connectivity index (χ1) is 19.1. The van der Waals surface area contributed by atoms with Crippen molar-refractivity contribution in [2.75, 3.05) is 11.9 Å². The number of aromatic carboxylic acids is 1. The highest BCUT2D eigenvalue weighted by atomic mass is 16.4. The molecule has 9 N–H and O–H groups in total. The number of hydrogen-bond acceptors (Lipinski definition) is 7. The number of hydrogen-bond donors (Lipinski definition) is 6. The van der Waals surface area contributed by atoms with Crippen LogP contribution >= 0.6 is 0 Å². The molecule has 1 aliphatic rings. The number of carbonyl (C=O) groups excluding carboxylic acids is 2. The highest BCUT2D eigenvalue weighted by molar-refractivity contribution is 5.91. The monoisotopic (exact) mass is 558 g/mol. The van der Waals surface area contributed by atoms with Crippen molar-refractivity contribution in [3.05, 3.63) is 65.7 Å². The van der Waals surface area contributed by atoms with Crippen LogP contribution in [0, 0.1) is 0 Å². The van der Waals surface area contributed by atoms with Crippen LogP contribution in [0.3, 0.4) is 0 Å². The van der Waals surface area contributed by atoms with Gasteiger partial charge in [0.15, 0.2) is 0 Å². The van der Waals surface area contributed by atoms with Gasteiger partial charge in [-0.1, -0.05) is 50.8 Å². The maximum atomic E-state index is 11.2. The minimum absolute atomic E-state index is 0.00588. The quantitative estimate of drug-likeness (QED) is 0.180. The van der Waals surface area contributed by atoms with E-state index >= 15 is 0 Å². The summed E-state index contributed by atoms with van der Waals surface area (Å²) in [6, 6.07) is 14.9. The molecule has 0 aliphatic heterocycles. The first-order valence-electron chi connectivity index (χ1n) is 13.7. The average molecular weight is 559 g/mol. The second kappa shape index (κ2) is 23.3. The fraction of sp³-hybridized carbons (Fsp3) is 0.467. The molecule has 1 aliphatic carbocycles. The zero-order chi connectivity index (χ0) is 30.2. The smallest absolute Gasteiger partial charge is 0.335 e. The summed E-state index contributed by atoms with van der Waals surface area (Å²) in [4.78, 5) is 41.9. The van der Waals surface area contributed by atoms with Gasteiger partial charge in [0.1, 0.15) is 12.3 Å². The molecule has 3 rings (SSSR count). The van der Waals surface area contributed by atoms with E-state index in [2.05, 4.69) is 5.32 Å². The fourth-order valence-electron chi connectivity index (χ4n) is 3.44. The molecule has 2 aromatic rings. The van der Waals surface area contributed by atoms with Crippen molar-refractivity contribution in [3.8, 4) is 0 Å². The number of benzene rings is 2. The SMILES string of the molecule is CCCC(=O)Nc1ccc(C=O)cc1.NC1CCCCC1.NCCCC[C@H](N)C(=O)O.O=C(O)c1ccccc1. The van der Waals surface area contributed by atoms with E-state index in [0.717, 1.165) is 31.2 Å². The maximum Gasteiger partial charge on any atom is 0.335 e. The molecule has 0 aromatic heterocycles. The predicted octanol–water partition coefficient (Wildman–Crippen LogP) is 4.43. The van der Waals surface area contributed by atoms with Crippen LogP contribution < -0.4 is 22.5 Å². The Hall–Kier alpha value is -3.60. The van der Waals surface area contributed by atoms with Crippen LogP contribution in [0.2, 0.25) is 0 Å².